The number of hydrogen-bond acceptors (Lipinski definition) is 4. The van der Waals surface area contributed by atoms with Gasteiger partial charge in [0.15, 0.2) is 17.3 Å². The molecule has 1 aromatic heterocycles. The fraction of sp³-hybridized carbons (Fsp3) is 0.333. The first-order valence-corrected chi connectivity index (χ1v) is 6.90. The van der Waals surface area contributed by atoms with Crippen molar-refractivity contribution in [3.8, 4) is 11.5 Å². The Labute approximate surface area is 131 Å². The number of hydrogen-bond donors (Lipinski definition) is 2. The Bertz CT molecular complexity index is 686. The lowest BCUT2D eigenvalue weighted by Gasteiger charge is -2.11. The van der Waals surface area contributed by atoms with Crippen molar-refractivity contribution in [1.29, 1.82) is 0 Å². The number of carbonyl (C=O) groups is 1. The Balaban J connectivity index is 2.15. The number of aromatic amines is 1. The highest BCUT2D eigenvalue weighted by Gasteiger charge is 2.15. The van der Waals surface area contributed by atoms with Crippen molar-refractivity contribution in [2.24, 2.45) is 0 Å². The fourth-order valence-corrected chi connectivity index (χ4v) is 1.89. The van der Waals surface area contributed by atoms with E-state index >= 15 is 0 Å². The molecular formula is C15H17F2N3O3. The maximum absolute atomic E-state index is 12.3. The Hall–Kier alpha value is -2.64. The molecule has 0 aliphatic heterocycles. The number of amides is 1. The first-order chi connectivity index (χ1) is 10.9. The smallest absolute Gasteiger partial charge is 0.387 e. The maximum atomic E-state index is 12.3. The van der Waals surface area contributed by atoms with E-state index in [0.717, 1.165) is 5.69 Å². The number of ether oxygens (including phenoxy) is 2. The molecule has 1 aromatic carbocycles. The molecule has 23 heavy (non-hydrogen) atoms. The van der Waals surface area contributed by atoms with E-state index in [-0.39, 0.29) is 23.0 Å². The standard InChI is InChI=1S/C15H17F2N3O3/c1-8(2)10-7-13(20-19-10)18-14(21)9-4-5-11(23-15(16)17)12(6-9)22-3/h4-8,15H,1-3H3,(H2,18,19,20,21). The van der Waals surface area contributed by atoms with Crippen molar-refractivity contribution in [2.45, 2.75) is 26.4 Å². The van der Waals surface area contributed by atoms with Gasteiger partial charge in [-0.3, -0.25) is 9.89 Å². The third-order valence-electron chi connectivity index (χ3n) is 3.10. The van der Waals surface area contributed by atoms with Gasteiger partial charge < -0.3 is 14.8 Å². The summed E-state index contributed by atoms with van der Waals surface area (Å²) in [6.07, 6.45) is 0. The van der Waals surface area contributed by atoms with Gasteiger partial charge in [-0.15, -0.1) is 0 Å². The summed E-state index contributed by atoms with van der Waals surface area (Å²) >= 11 is 0. The fourth-order valence-electron chi connectivity index (χ4n) is 1.89. The number of rotatable bonds is 6. The molecule has 0 bridgehead atoms. The summed E-state index contributed by atoms with van der Waals surface area (Å²) < 4.78 is 33.8. The summed E-state index contributed by atoms with van der Waals surface area (Å²) in [6.45, 7) is 1.01. The molecule has 0 saturated heterocycles. The number of alkyl halides is 2. The quantitative estimate of drug-likeness (QED) is 0.853. The monoisotopic (exact) mass is 325 g/mol. The highest BCUT2D eigenvalue weighted by atomic mass is 19.3. The van der Waals surface area contributed by atoms with Gasteiger partial charge in [0.1, 0.15) is 0 Å². The lowest BCUT2D eigenvalue weighted by molar-refractivity contribution is -0.0512. The molecule has 0 atom stereocenters. The molecule has 0 aliphatic carbocycles. The summed E-state index contributed by atoms with van der Waals surface area (Å²) in [7, 11) is 1.30. The van der Waals surface area contributed by atoms with Crippen molar-refractivity contribution >= 4 is 11.7 Å². The molecule has 0 spiro atoms. The maximum Gasteiger partial charge on any atom is 0.387 e. The molecule has 0 aliphatic rings. The molecule has 1 heterocycles. The number of methoxy groups -OCH3 is 1. The van der Waals surface area contributed by atoms with E-state index in [0.29, 0.717) is 5.82 Å². The highest BCUT2D eigenvalue weighted by molar-refractivity contribution is 6.04. The van der Waals surface area contributed by atoms with Crippen LogP contribution in [0, 0.1) is 0 Å². The third-order valence-corrected chi connectivity index (χ3v) is 3.10. The van der Waals surface area contributed by atoms with Crippen molar-refractivity contribution in [3.05, 3.63) is 35.5 Å². The molecular weight excluding hydrogens is 308 g/mol. The molecule has 1 amide bonds. The van der Waals surface area contributed by atoms with Gasteiger partial charge in [0.2, 0.25) is 0 Å². The summed E-state index contributed by atoms with van der Waals surface area (Å²) in [5.41, 5.74) is 1.12. The topological polar surface area (TPSA) is 76.2 Å². The molecule has 0 radical (unpaired) electrons. The Kier molecular flexibility index (Phi) is 5.15. The van der Waals surface area contributed by atoms with Gasteiger partial charge in [-0.25, -0.2) is 0 Å². The van der Waals surface area contributed by atoms with Crippen LogP contribution in [-0.2, 0) is 0 Å². The average Bonchev–Trinajstić information content (AvgIpc) is 2.95. The second-order valence-corrected chi connectivity index (χ2v) is 5.06. The van der Waals surface area contributed by atoms with E-state index < -0.39 is 12.5 Å². The average molecular weight is 325 g/mol. The van der Waals surface area contributed by atoms with Crippen LogP contribution in [0.4, 0.5) is 14.6 Å². The van der Waals surface area contributed by atoms with Gasteiger partial charge in [0.25, 0.3) is 5.91 Å². The van der Waals surface area contributed by atoms with E-state index in [9.17, 15) is 13.6 Å². The minimum atomic E-state index is -2.97. The first kappa shape index (κ1) is 16.7. The molecule has 2 rings (SSSR count). The minimum Gasteiger partial charge on any atom is -0.493 e. The first-order valence-electron chi connectivity index (χ1n) is 6.90. The molecule has 0 fully saturated rings. The van der Waals surface area contributed by atoms with E-state index in [1.807, 2.05) is 13.8 Å². The Morgan fingerprint density at radius 2 is 2.00 bits per heavy atom. The van der Waals surface area contributed by atoms with Crippen LogP contribution < -0.4 is 14.8 Å². The van der Waals surface area contributed by atoms with Crippen molar-refractivity contribution in [3.63, 3.8) is 0 Å². The summed E-state index contributed by atoms with van der Waals surface area (Å²) in [4.78, 5) is 12.2. The van der Waals surface area contributed by atoms with Gasteiger partial charge in [-0.2, -0.15) is 13.9 Å². The van der Waals surface area contributed by atoms with Crippen LogP contribution in [-0.4, -0.2) is 29.8 Å². The zero-order valence-electron chi connectivity index (χ0n) is 12.9. The molecule has 124 valence electrons. The van der Waals surface area contributed by atoms with Gasteiger partial charge in [0, 0.05) is 17.3 Å². The predicted octanol–water partition coefficient (Wildman–Crippen LogP) is 3.40. The third kappa shape index (κ3) is 4.18. The van der Waals surface area contributed by atoms with Crippen molar-refractivity contribution in [1.82, 2.24) is 10.2 Å². The van der Waals surface area contributed by atoms with E-state index in [2.05, 4.69) is 20.3 Å². The van der Waals surface area contributed by atoms with Crippen LogP contribution in [0.15, 0.2) is 24.3 Å². The summed E-state index contributed by atoms with van der Waals surface area (Å²) in [6, 6.07) is 5.67. The van der Waals surface area contributed by atoms with Crippen LogP contribution in [0.5, 0.6) is 11.5 Å². The molecule has 2 N–H and O–H groups in total. The van der Waals surface area contributed by atoms with Crippen LogP contribution in [0.25, 0.3) is 0 Å². The molecule has 0 saturated carbocycles. The number of anilines is 1. The van der Waals surface area contributed by atoms with Crippen LogP contribution >= 0.6 is 0 Å². The zero-order chi connectivity index (χ0) is 17.0. The summed E-state index contributed by atoms with van der Waals surface area (Å²) in [5.74, 6) is 0.0991. The molecule has 6 nitrogen and oxygen atoms in total. The Morgan fingerprint density at radius 3 is 2.57 bits per heavy atom. The van der Waals surface area contributed by atoms with Gasteiger partial charge >= 0.3 is 6.61 Å². The number of aromatic nitrogens is 2. The molecule has 0 unspecified atom stereocenters. The highest BCUT2D eigenvalue weighted by Crippen LogP contribution is 2.29. The number of nitrogens with zero attached hydrogens (tertiary/aromatic N) is 1. The predicted molar refractivity (Wildman–Crippen MR) is 80.3 cm³/mol. The van der Waals surface area contributed by atoms with Crippen molar-refractivity contribution in [2.75, 3.05) is 12.4 Å². The zero-order valence-corrected chi connectivity index (χ0v) is 12.9. The van der Waals surface area contributed by atoms with E-state index in [4.69, 9.17) is 4.74 Å². The van der Waals surface area contributed by atoms with E-state index in [1.54, 1.807) is 6.07 Å². The lowest BCUT2D eigenvalue weighted by atomic mass is 10.1. The number of H-pyrrole nitrogens is 1. The SMILES string of the molecule is COc1cc(C(=O)Nc2cc(C(C)C)[nH]n2)ccc1OC(F)F. The van der Waals surface area contributed by atoms with Gasteiger partial charge in [-0.1, -0.05) is 13.8 Å². The van der Waals surface area contributed by atoms with Crippen LogP contribution in [0.2, 0.25) is 0 Å². The molecule has 8 heteroatoms. The number of carbonyl (C=O) groups excluding carboxylic acids is 1. The number of halogens is 2. The molecule has 2 aromatic rings. The van der Waals surface area contributed by atoms with Gasteiger partial charge in [-0.05, 0) is 24.1 Å². The van der Waals surface area contributed by atoms with Crippen LogP contribution in [0.1, 0.15) is 35.8 Å². The van der Waals surface area contributed by atoms with Crippen LogP contribution in [0.3, 0.4) is 0 Å². The minimum absolute atomic E-state index is 0.0443. The summed E-state index contributed by atoms with van der Waals surface area (Å²) in [5, 5.41) is 9.43. The normalized spacial score (nSPS) is 10.9. The number of nitrogens with one attached hydrogen (secondary N) is 2. The largest absolute Gasteiger partial charge is 0.493 e. The second kappa shape index (κ2) is 7.08. The lowest BCUT2D eigenvalue weighted by Crippen LogP contribution is -2.12. The number of benzene rings is 1. The second-order valence-electron chi connectivity index (χ2n) is 5.06. The van der Waals surface area contributed by atoms with E-state index in [1.165, 1.54) is 25.3 Å². The van der Waals surface area contributed by atoms with Crippen molar-refractivity contribution < 1.29 is 23.0 Å². The van der Waals surface area contributed by atoms with Gasteiger partial charge in [0.05, 0.1) is 7.11 Å². The Morgan fingerprint density at radius 1 is 1.26 bits per heavy atom.